The maximum absolute atomic E-state index is 12.8. The summed E-state index contributed by atoms with van der Waals surface area (Å²) in [5.74, 6) is 2.14. The van der Waals surface area contributed by atoms with Gasteiger partial charge in [0, 0.05) is 17.1 Å². The van der Waals surface area contributed by atoms with Crippen LogP contribution in [-0.4, -0.2) is 46.9 Å². The molecule has 0 saturated heterocycles. The van der Waals surface area contributed by atoms with Crippen LogP contribution in [0.1, 0.15) is 31.4 Å². The lowest BCUT2D eigenvalue weighted by Gasteiger charge is -2.17. The summed E-state index contributed by atoms with van der Waals surface area (Å²) in [5, 5.41) is 11.6. The lowest BCUT2D eigenvalue weighted by molar-refractivity contribution is -0.414. The second-order valence-corrected chi connectivity index (χ2v) is 8.04. The highest BCUT2D eigenvalue weighted by atomic mass is 16.5. The number of methoxy groups -OCH3 is 4. The summed E-state index contributed by atoms with van der Waals surface area (Å²) >= 11 is 0. The van der Waals surface area contributed by atoms with Crippen LogP contribution in [0.25, 0.3) is 11.3 Å². The molecule has 2 unspecified atom stereocenters. The summed E-state index contributed by atoms with van der Waals surface area (Å²) in [7, 11) is 6.27. The Morgan fingerprint density at radius 2 is 1.65 bits per heavy atom. The molecule has 34 heavy (non-hydrogen) atoms. The summed E-state index contributed by atoms with van der Waals surface area (Å²) in [6.45, 7) is 4.46. The number of ether oxygens (including phenoxy) is 4. The second kappa shape index (κ2) is 11.0. The van der Waals surface area contributed by atoms with E-state index in [4.69, 9.17) is 18.9 Å². The van der Waals surface area contributed by atoms with E-state index in [-0.39, 0.29) is 17.9 Å². The van der Waals surface area contributed by atoms with E-state index in [2.05, 4.69) is 21.3 Å². The number of carbonyl (C=O) groups excluding carboxylic acids is 1. The number of anilines is 1. The largest absolute Gasteiger partial charge is 0.495 e. The minimum atomic E-state index is -0.371. The molecule has 1 amide bonds. The number of quaternary nitrogens is 1. The Kier molecular flexibility index (Phi) is 8.12. The van der Waals surface area contributed by atoms with E-state index in [0.29, 0.717) is 40.9 Å². The Bertz CT molecular complexity index is 1090. The molecule has 0 aliphatic carbocycles. The van der Waals surface area contributed by atoms with Crippen LogP contribution in [-0.2, 0) is 4.79 Å². The Labute approximate surface area is 199 Å². The van der Waals surface area contributed by atoms with Crippen molar-refractivity contribution in [3.8, 4) is 23.0 Å². The van der Waals surface area contributed by atoms with Crippen LogP contribution < -0.4 is 30.0 Å². The second-order valence-electron chi connectivity index (χ2n) is 8.04. The fourth-order valence-electron chi connectivity index (χ4n) is 3.75. The first kappa shape index (κ1) is 25.0. The van der Waals surface area contributed by atoms with Crippen molar-refractivity contribution >= 4 is 22.9 Å². The normalized spacial score (nSPS) is 14.6. The van der Waals surface area contributed by atoms with E-state index >= 15 is 0 Å². The molecule has 9 heteroatoms. The van der Waals surface area contributed by atoms with Crippen molar-refractivity contribution in [2.45, 2.75) is 26.3 Å². The van der Waals surface area contributed by atoms with Gasteiger partial charge in [-0.2, -0.15) is 10.2 Å². The highest BCUT2D eigenvalue weighted by molar-refractivity contribution is 5.98. The van der Waals surface area contributed by atoms with Gasteiger partial charge in [0.15, 0.2) is 17.5 Å². The maximum Gasteiger partial charge on any atom is 0.282 e. The average molecular weight is 470 g/mol. The predicted molar refractivity (Wildman–Crippen MR) is 130 cm³/mol. The number of hydrogen-bond acceptors (Lipinski definition) is 7. The summed E-state index contributed by atoms with van der Waals surface area (Å²) < 4.78 is 21.9. The van der Waals surface area contributed by atoms with Gasteiger partial charge in [0.05, 0.1) is 46.4 Å². The first-order valence-electron chi connectivity index (χ1n) is 11.1. The van der Waals surface area contributed by atoms with Crippen molar-refractivity contribution in [1.29, 1.82) is 0 Å². The van der Waals surface area contributed by atoms with E-state index in [1.165, 1.54) is 0 Å². The average Bonchev–Trinajstić information content (AvgIpc) is 3.36. The number of rotatable bonds is 10. The fraction of sp³-hybridized carbons (Fsp3) is 0.400. The predicted octanol–water partition coefficient (Wildman–Crippen LogP) is 3.65. The molecule has 2 atom stereocenters. The molecule has 0 aromatic heterocycles. The molecule has 1 aliphatic heterocycles. The molecular formula is C25H33N4O5+. The number of benzene rings is 2. The first-order valence-corrected chi connectivity index (χ1v) is 11.1. The van der Waals surface area contributed by atoms with Gasteiger partial charge in [-0.15, -0.1) is 0 Å². The fourth-order valence-corrected chi connectivity index (χ4v) is 3.75. The van der Waals surface area contributed by atoms with Crippen LogP contribution >= 0.6 is 0 Å². The third kappa shape index (κ3) is 4.99. The van der Waals surface area contributed by atoms with Gasteiger partial charge < -0.3 is 30.0 Å². The van der Waals surface area contributed by atoms with Crippen molar-refractivity contribution in [2.75, 3.05) is 40.3 Å². The monoisotopic (exact) mass is 469 g/mol. The molecule has 9 nitrogen and oxygen atoms in total. The molecular weight excluding hydrogens is 436 g/mol. The molecule has 1 heterocycles. The van der Waals surface area contributed by atoms with Gasteiger partial charge in [-0.25, -0.2) is 0 Å². The van der Waals surface area contributed by atoms with E-state index < -0.39 is 0 Å². The van der Waals surface area contributed by atoms with Crippen molar-refractivity contribution in [1.82, 2.24) is 0 Å². The molecule has 3 rings (SSSR count). The Balaban J connectivity index is 2.04. The zero-order chi connectivity index (χ0) is 24.8. The molecule has 0 bridgehead atoms. The highest BCUT2D eigenvalue weighted by Gasteiger charge is 2.25. The quantitative estimate of drug-likeness (QED) is 0.551. The van der Waals surface area contributed by atoms with Crippen LogP contribution in [0.2, 0.25) is 0 Å². The lowest BCUT2D eigenvalue weighted by Crippen LogP contribution is -2.69. The maximum atomic E-state index is 12.8. The number of carbonyl (C=O) groups is 1. The van der Waals surface area contributed by atoms with Gasteiger partial charge in [-0.3, -0.25) is 4.79 Å². The number of azo groups is 1. The van der Waals surface area contributed by atoms with Gasteiger partial charge in [0.2, 0.25) is 5.75 Å². The number of nitrogens with one attached hydrogen (secondary N) is 1. The van der Waals surface area contributed by atoms with Crippen LogP contribution in [0.15, 0.2) is 40.6 Å². The van der Waals surface area contributed by atoms with Gasteiger partial charge in [0.1, 0.15) is 5.75 Å². The molecule has 4 N–H and O–H groups in total. The molecule has 182 valence electrons. The molecule has 0 saturated carbocycles. The first-order chi connectivity index (χ1) is 16.4. The highest BCUT2D eigenvalue weighted by Crippen LogP contribution is 2.43. The zero-order valence-electron chi connectivity index (χ0n) is 20.6. The van der Waals surface area contributed by atoms with Crippen LogP contribution in [0.3, 0.4) is 0 Å². The SMILES string of the molecule is CCC(C)C([NH3+])C(=O)Nc1cc(C2=C(c3cc(OC)c(OC)c(OC)c3)N=NC2)ccc1OC. The van der Waals surface area contributed by atoms with E-state index in [0.717, 1.165) is 23.1 Å². The Morgan fingerprint density at radius 1 is 1.00 bits per heavy atom. The van der Waals surface area contributed by atoms with E-state index in [1.807, 2.05) is 44.2 Å². The topological polar surface area (TPSA) is 118 Å². The van der Waals surface area contributed by atoms with Gasteiger partial charge >= 0.3 is 0 Å². The summed E-state index contributed by atoms with van der Waals surface area (Å²) in [4.78, 5) is 12.8. The van der Waals surface area contributed by atoms with Crippen LogP contribution in [0, 0.1) is 5.92 Å². The van der Waals surface area contributed by atoms with E-state index in [9.17, 15) is 4.79 Å². The van der Waals surface area contributed by atoms with Gasteiger partial charge in [0.25, 0.3) is 5.91 Å². The van der Waals surface area contributed by atoms with Crippen LogP contribution in [0.5, 0.6) is 23.0 Å². The number of amides is 1. The molecule has 0 radical (unpaired) electrons. The minimum Gasteiger partial charge on any atom is -0.495 e. The molecule has 0 spiro atoms. The van der Waals surface area contributed by atoms with Gasteiger partial charge in [-0.05, 0) is 36.2 Å². The molecule has 1 aliphatic rings. The van der Waals surface area contributed by atoms with Crippen molar-refractivity contribution < 1.29 is 29.5 Å². The van der Waals surface area contributed by atoms with Crippen molar-refractivity contribution in [3.05, 3.63) is 41.5 Å². The summed E-state index contributed by atoms with van der Waals surface area (Å²) in [6.07, 6.45) is 0.868. The molecule has 0 fully saturated rings. The van der Waals surface area contributed by atoms with Crippen molar-refractivity contribution in [3.63, 3.8) is 0 Å². The third-order valence-corrected chi connectivity index (χ3v) is 6.10. The van der Waals surface area contributed by atoms with Crippen molar-refractivity contribution in [2.24, 2.45) is 16.1 Å². The third-order valence-electron chi connectivity index (χ3n) is 6.10. The summed E-state index contributed by atoms with van der Waals surface area (Å²) in [5.41, 5.74) is 7.85. The molecule has 2 aromatic rings. The van der Waals surface area contributed by atoms with Crippen LogP contribution in [0.4, 0.5) is 5.69 Å². The smallest absolute Gasteiger partial charge is 0.282 e. The zero-order valence-corrected chi connectivity index (χ0v) is 20.6. The standard InChI is InChI=1S/C25H32N4O5/c1-7-14(2)22(26)25(30)28-18-10-15(8-9-19(18)31-3)17-13-27-29-23(17)16-11-20(32-4)24(34-6)21(12-16)33-5/h8-12,14,22H,7,13,26H2,1-6H3,(H,28,30)/p+1. The van der Waals surface area contributed by atoms with E-state index in [1.54, 1.807) is 28.4 Å². The van der Waals surface area contributed by atoms with Gasteiger partial charge in [-0.1, -0.05) is 19.9 Å². The Hall–Kier alpha value is -3.59. The number of hydrogen-bond donors (Lipinski definition) is 2. The molecule has 2 aromatic carbocycles. The summed E-state index contributed by atoms with van der Waals surface area (Å²) in [6, 6.07) is 8.94. The minimum absolute atomic E-state index is 0.149. The number of nitrogens with zero attached hydrogens (tertiary/aromatic N) is 2. The lowest BCUT2D eigenvalue weighted by atomic mass is 9.98. The Morgan fingerprint density at radius 3 is 2.21 bits per heavy atom.